The van der Waals surface area contributed by atoms with E-state index in [9.17, 15) is 27.5 Å². The van der Waals surface area contributed by atoms with Crippen molar-refractivity contribution in [3.63, 3.8) is 0 Å². The number of likely N-dealkylation sites (N-methyl/N-ethyl adjacent to an activating group) is 1. The van der Waals surface area contributed by atoms with Crippen molar-refractivity contribution < 1.29 is 36.8 Å². The predicted octanol–water partition coefficient (Wildman–Crippen LogP) is 3.54. The van der Waals surface area contributed by atoms with Crippen molar-refractivity contribution in [2.75, 3.05) is 37.4 Å². The Labute approximate surface area is 249 Å². The zero-order valence-corrected chi connectivity index (χ0v) is 25.4. The Kier molecular flexibility index (Phi) is 9.72. The van der Waals surface area contributed by atoms with Crippen LogP contribution < -0.4 is 15.4 Å². The van der Waals surface area contributed by atoms with Crippen LogP contribution in [0.2, 0.25) is 0 Å². The summed E-state index contributed by atoms with van der Waals surface area (Å²) >= 11 is 0. The topological polar surface area (TPSA) is 154 Å². The maximum absolute atomic E-state index is 13.5. The van der Waals surface area contributed by atoms with Crippen LogP contribution in [-0.2, 0) is 21.2 Å². The summed E-state index contributed by atoms with van der Waals surface area (Å²) in [4.78, 5) is 27.7. The summed E-state index contributed by atoms with van der Waals surface area (Å²) in [6, 6.07) is 8.36. The SMILES string of the molecule is Cc1noc(C)c1NC(=O)Nc1ccc2c(c1)CC(=O)N([C@H](C)CO)C[C@H](C)[C@H](CN(C)S(=O)(=O)c1ccc(F)cc1)O2. The molecule has 3 amide bonds. The fraction of sp³-hybridized carbons (Fsp3) is 0.414. The molecule has 0 saturated heterocycles. The normalized spacial score (nSPS) is 18.2. The summed E-state index contributed by atoms with van der Waals surface area (Å²) in [5, 5.41) is 19.1. The summed E-state index contributed by atoms with van der Waals surface area (Å²) in [6.07, 6.45) is -0.788. The van der Waals surface area contributed by atoms with Crippen LogP contribution in [-0.4, -0.2) is 78.7 Å². The minimum absolute atomic E-state index is 0.0659. The summed E-state index contributed by atoms with van der Waals surface area (Å²) in [5.41, 5.74) is 1.83. The van der Waals surface area contributed by atoms with Gasteiger partial charge < -0.3 is 29.9 Å². The standard InChI is InChI=1S/C29H36FN5O7S/c1-17-14-35(18(2)16-36)27(37)13-21-12-23(31-29(38)32-28-19(3)33-42-20(28)4)8-11-25(21)41-26(17)15-34(5)43(39,40)24-9-6-22(30)7-10-24/h6-12,17-18,26,36H,13-16H2,1-5H3,(H2,31,32,38)/t17-,18+,26-/m0/s1. The Morgan fingerprint density at radius 3 is 2.53 bits per heavy atom. The Hall–Kier alpha value is -4.01. The van der Waals surface area contributed by atoms with Crippen molar-refractivity contribution in [1.82, 2.24) is 14.4 Å². The molecule has 232 valence electrons. The number of urea groups is 1. The molecule has 2 heterocycles. The molecule has 0 unspecified atom stereocenters. The predicted molar refractivity (Wildman–Crippen MR) is 157 cm³/mol. The number of ether oxygens (including phenoxy) is 1. The molecule has 0 bridgehead atoms. The van der Waals surface area contributed by atoms with E-state index in [1.165, 1.54) is 19.2 Å². The van der Waals surface area contributed by atoms with Crippen LogP contribution in [0.15, 0.2) is 51.9 Å². The quantitative estimate of drug-likeness (QED) is 0.347. The van der Waals surface area contributed by atoms with Crippen LogP contribution in [0.25, 0.3) is 0 Å². The second-order valence-electron chi connectivity index (χ2n) is 10.7. The highest BCUT2D eigenvalue weighted by molar-refractivity contribution is 7.89. The number of nitrogens with zero attached hydrogens (tertiary/aromatic N) is 3. The number of hydrogen-bond donors (Lipinski definition) is 3. The molecular formula is C29H36FN5O7S. The van der Waals surface area contributed by atoms with Crippen LogP contribution in [0.1, 0.15) is 30.9 Å². The molecule has 3 N–H and O–H groups in total. The number of aromatic nitrogens is 1. The molecule has 12 nitrogen and oxygen atoms in total. The van der Waals surface area contributed by atoms with Crippen molar-refractivity contribution in [2.45, 2.75) is 51.2 Å². The van der Waals surface area contributed by atoms with Gasteiger partial charge in [0.25, 0.3) is 0 Å². The van der Waals surface area contributed by atoms with Crippen LogP contribution >= 0.6 is 0 Å². The first kappa shape index (κ1) is 31.9. The second kappa shape index (κ2) is 13.1. The van der Waals surface area contributed by atoms with Crippen LogP contribution in [0, 0.1) is 25.6 Å². The van der Waals surface area contributed by atoms with E-state index >= 15 is 0 Å². The van der Waals surface area contributed by atoms with Crippen LogP contribution in [0.5, 0.6) is 5.75 Å². The minimum atomic E-state index is -3.98. The molecule has 14 heteroatoms. The number of fused-ring (bicyclic) bond motifs is 1. The summed E-state index contributed by atoms with van der Waals surface area (Å²) in [7, 11) is -2.57. The molecule has 2 aromatic carbocycles. The molecule has 0 saturated carbocycles. The molecule has 4 rings (SSSR count). The van der Waals surface area contributed by atoms with E-state index in [0.29, 0.717) is 34.1 Å². The average molecular weight is 618 g/mol. The van der Waals surface area contributed by atoms with Crippen molar-refractivity contribution in [2.24, 2.45) is 5.92 Å². The fourth-order valence-electron chi connectivity index (χ4n) is 4.80. The first-order valence-corrected chi connectivity index (χ1v) is 15.2. The number of carbonyl (C=O) groups excluding carboxylic acids is 2. The van der Waals surface area contributed by atoms with Crippen LogP contribution in [0.4, 0.5) is 20.6 Å². The van der Waals surface area contributed by atoms with Gasteiger partial charge in [-0.3, -0.25) is 4.79 Å². The van der Waals surface area contributed by atoms with Gasteiger partial charge in [-0.15, -0.1) is 0 Å². The number of amides is 3. The number of aliphatic hydroxyl groups is 1. The Bertz CT molecular complexity index is 1560. The van der Waals surface area contributed by atoms with Crippen molar-refractivity contribution in [3.8, 4) is 5.75 Å². The first-order chi connectivity index (χ1) is 20.3. The highest BCUT2D eigenvalue weighted by Gasteiger charge is 2.33. The molecule has 1 aliphatic rings. The van der Waals surface area contributed by atoms with Crippen molar-refractivity contribution in [1.29, 1.82) is 0 Å². The van der Waals surface area contributed by atoms with E-state index in [1.54, 1.807) is 43.9 Å². The van der Waals surface area contributed by atoms with Crippen molar-refractivity contribution in [3.05, 3.63) is 65.3 Å². The number of anilines is 2. The molecule has 3 atom stereocenters. The smallest absolute Gasteiger partial charge is 0.323 e. The number of nitrogens with one attached hydrogen (secondary N) is 2. The zero-order valence-electron chi connectivity index (χ0n) is 24.6. The molecular weight excluding hydrogens is 581 g/mol. The van der Waals surface area contributed by atoms with Gasteiger partial charge in [0.2, 0.25) is 15.9 Å². The molecule has 0 radical (unpaired) electrons. The third kappa shape index (κ3) is 7.32. The van der Waals surface area contributed by atoms with Crippen LogP contribution in [0.3, 0.4) is 0 Å². The van der Waals surface area contributed by atoms with E-state index in [2.05, 4.69) is 15.8 Å². The summed E-state index contributed by atoms with van der Waals surface area (Å²) in [6.45, 7) is 6.80. The Morgan fingerprint density at radius 2 is 1.91 bits per heavy atom. The maximum Gasteiger partial charge on any atom is 0.323 e. The third-order valence-electron chi connectivity index (χ3n) is 7.41. The Morgan fingerprint density at radius 1 is 1.21 bits per heavy atom. The van der Waals surface area contributed by atoms with E-state index < -0.39 is 34.0 Å². The lowest BCUT2D eigenvalue weighted by molar-refractivity contribution is -0.134. The molecule has 0 spiro atoms. The van der Waals surface area contributed by atoms with E-state index in [0.717, 1.165) is 16.4 Å². The van der Waals surface area contributed by atoms with Gasteiger partial charge in [0, 0.05) is 30.8 Å². The van der Waals surface area contributed by atoms with Crippen molar-refractivity contribution >= 4 is 33.3 Å². The summed E-state index contributed by atoms with van der Waals surface area (Å²) < 4.78 is 52.5. The van der Waals surface area contributed by atoms with Gasteiger partial charge >= 0.3 is 6.03 Å². The fourth-order valence-corrected chi connectivity index (χ4v) is 5.98. The molecule has 0 fully saturated rings. The van der Waals surface area contributed by atoms with Gasteiger partial charge in [-0.25, -0.2) is 17.6 Å². The Balaban J connectivity index is 1.62. The molecule has 3 aromatic rings. The second-order valence-corrected chi connectivity index (χ2v) is 12.8. The number of rotatable bonds is 8. The molecule has 0 aliphatic carbocycles. The van der Waals surface area contributed by atoms with Gasteiger partial charge in [0.15, 0.2) is 5.76 Å². The lowest BCUT2D eigenvalue weighted by atomic mass is 10.0. The molecule has 1 aromatic heterocycles. The van der Waals surface area contributed by atoms with E-state index in [4.69, 9.17) is 9.26 Å². The molecule has 1 aliphatic heterocycles. The lowest BCUT2D eigenvalue weighted by Gasteiger charge is -2.33. The van der Waals surface area contributed by atoms with E-state index in [1.807, 2.05) is 6.92 Å². The first-order valence-electron chi connectivity index (χ1n) is 13.7. The summed E-state index contributed by atoms with van der Waals surface area (Å²) in [5.74, 6) is -0.361. The van der Waals surface area contributed by atoms with Gasteiger partial charge in [-0.1, -0.05) is 12.1 Å². The monoisotopic (exact) mass is 617 g/mol. The average Bonchev–Trinajstić information content (AvgIpc) is 3.29. The highest BCUT2D eigenvalue weighted by Crippen LogP contribution is 2.30. The largest absolute Gasteiger partial charge is 0.488 e. The number of benzene rings is 2. The third-order valence-corrected chi connectivity index (χ3v) is 9.24. The minimum Gasteiger partial charge on any atom is -0.488 e. The number of aliphatic hydroxyl groups excluding tert-OH is 1. The van der Waals surface area contributed by atoms with Gasteiger partial charge in [-0.05, 0) is 63.2 Å². The van der Waals surface area contributed by atoms with E-state index in [-0.39, 0.29) is 42.8 Å². The zero-order chi connectivity index (χ0) is 31.5. The maximum atomic E-state index is 13.5. The van der Waals surface area contributed by atoms with Gasteiger partial charge in [0.05, 0.1) is 30.5 Å². The number of halogens is 1. The number of carbonyl (C=O) groups is 2. The lowest BCUT2D eigenvalue weighted by Crippen LogP contribution is -2.48. The number of hydrogen-bond acceptors (Lipinski definition) is 8. The number of sulfonamides is 1. The van der Waals surface area contributed by atoms with Gasteiger partial charge in [0.1, 0.15) is 29.1 Å². The number of aryl methyl sites for hydroxylation is 2. The van der Waals surface area contributed by atoms with Gasteiger partial charge in [-0.2, -0.15) is 4.31 Å². The molecule has 43 heavy (non-hydrogen) atoms. The highest BCUT2D eigenvalue weighted by atomic mass is 32.2.